The van der Waals surface area contributed by atoms with Gasteiger partial charge in [-0.25, -0.2) is 8.78 Å². The monoisotopic (exact) mass is 121 g/mol. The van der Waals surface area contributed by atoms with E-state index in [9.17, 15) is 8.78 Å². The molecule has 1 atom stereocenters. The molecule has 0 saturated carbocycles. The van der Waals surface area contributed by atoms with Gasteiger partial charge in [-0.2, -0.15) is 0 Å². The Labute approximate surface area is 47.2 Å². The third-order valence-electron chi connectivity index (χ3n) is 0.753. The van der Waals surface area contributed by atoms with Crippen LogP contribution in [0, 0.1) is 0 Å². The van der Waals surface area contributed by atoms with Gasteiger partial charge in [0.05, 0.1) is 0 Å². The first-order valence-electron chi connectivity index (χ1n) is 2.33. The second-order valence-electron chi connectivity index (χ2n) is 1.53. The molecule has 0 amide bonds. The van der Waals surface area contributed by atoms with Crippen molar-refractivity contribution in [3.8, 4) is 0 Å². The van der Waals surface area contributed by atoms with Gasteiger partial charge in [0.25, 0.3) is 0 Å². The topological polar surface area (TPSA) is 26.0 Å². The number of alkyl halides is 2. The van der Waals surface area contributed by atoms with Crippen molar-refractivity contribution < 1.29 is 8.78 Å². The van der Waals surface area contributed by atoms with Crippen LogP contribution in [0.2, 0.25) is 0 Å². The number of hydrogen-bond acceptors (Lipinski definition) is 1. The van der Waals surface area contributed by atoms with Gasteiger partial charge in [-0.1, -0.05) is 6.08 Å². The van der Waals surface area contributed by atoms with E-state index in [0.29, 0.717) is 0 Å². The summed E-state index contributed by atoms with van der Waals surface area (Å²) in [6, 6.07) is -0.560. The molecule has 1 nitrogen and oxygen atoms in total. The van der Waals surface area contributed by atoms with Crippen LogP contribution in [0.5, 0.6) is 0 Å². The van der Waals surface area contributed by atoms with Crippen LogP contribution >= 0.6 is 0 Å². The highest BCUT2D eigenvalue weighted by Crippen LogP contribution is 2.01. The van der Waals surface area contributed by atoms with Crippen molar-refractivity contribution >= 4 is 0 Å². The highest BCUT2D eigenvalue weighted by atomic mass is 19.3. The lowest BCUT2D eigenvalue weighted by Gasteiger charge is -2.01. The third-order valence-corrected chi connectivity index (χ3v) is 0.753. The summed E-state index contributed by atoms with van der Waals surface area (Å²) in [5, 5.41) is 0. The Hall–Kier alpha value is -0.440. The van der Waals surface area contributed by atoms with Crippen LogP contribution in [-0.2, 0) is 0 Å². The van der Waals surface area contributed by atoms with Crippen molar-refractivity contribution in [3.05, 3.63) is 12.7 Å². The minimum absolute atomic E-state index is 0.288. The second kappa shape index (κ2) is 3.55. The number of hydrogen-bond donors (Lipinski definition) is 1. The molecule has 1 unspecified atom stereocenters. The van der Waals surface area contributed by atoms with Gasteiger partial charge in [0.2, 0.25) is 6.43 Å². The Kier molecular flexibility index (Phi) is 3.35. The maximum absolute atomic E-state index is 11.3. The van der Waals surface area contributed by atoms with Gasteiger partial charge in [0.1, 0.15) is 0 Å². The van der Waals surface area contributed by atoms with Crippen LogP contribution in [0.15, 0.2) is 12.7 Å². The van der Waals surface area contributed by atoms with Crippen molar-refractivity contribution in [1.82, 2.24) is 0 Å². The fourth-order valence-electron chi connectivity index (χ4n) is 0.302. The van der Waals surface area contributed by atoms with E-state index in [4.69, 9.17) is 5.73 Å². The first kappa shape index (κ1) is 7.56. The Morgan fingerprint density at radius 1 is 1.62 bits per heavy atom. The maximum Gasteiger partial charge on any atom is 0.240 e. The standard InChI is InChI=1S/C5H9F2N/c1-2-4(8)3-5(6)7/h2,4-5H,1,3,8H2. The summed E-state index contributed by atoms with van der Waals surface area (Å²) >= 11 is 0. The lowest BCUT2D eigenvalue weighted by Crippen LogP contribution is -2.19. The molecule has 0 aromatic rings. The molecule has 2 N–H and O–H groups in total. The molecule has 0 aromatic carbocycles. The van der Waals surface area contributed by atoms with Crippen molar-refractivity contribution in [2.75, 3.05) is 0 Å². The van der Waals surface area contributed by atoms with Crippen molar-refractivity contribution in [1.29, 1.82) is 0 Å². The fourth-order valence-corrected chi connectivity index (χ4v) is 0.302. The van der Waals surface area contributed by atoms with Gasteiger partial charge in [0, 0.05) is 12.5 Å². The van der Waals surface area contributed by atoms with E-state index >= 15 is 0 Å². The minimum atomic E-state index is -2.32. The fraction of sp³-hybridized carbons (Fsp3) is 0.600. The number of rotatable bonds is 3. The van der Waals surface area contributed by atoms with Gasteiger partial charge in [-0.05, 0) is 0 Å². The minimum Gasteiger partial charge on any atom is -0.324 e. The lowest BCUT2D eigenvalue weighted by molar-refractivity contribution is 0.134. The molecular formula is C5H9F2N. The van der Waals surface area contributed by atoms with E-state index in [1.54, 1.807) is 0 Å². The Bertz CT molecular complexity index is 72.8. The van der Waals surface area contributed by atoms with Gasteiger partial charge >= 0.3 is 0 Å². The summed E-state index contributed by atoms with van der Waals surface area (Å²) < 4.78 is 22.7. The van der Waals surface area contributed by atoms with E-state index in [-0.39, 0.29) is 6.42 Å². The molecule has 0 aromatic heterocycles. The van der Waals surface area contributed by atoms with Crippen LogP contribution in [0.3, 0.4) is 0 Å². The molecule has 0 spiro atoms. The molecule has 0 fully saturated rings. The first-order valence-corrected chi connectivity index (χ1v) is 2.33. The molecule has 0 heterocycles. The molecule has 0 aliphatic rings. The Morgan fingerprint density at radius 3 is 2.25 bits per heavy atom. The summed E-state index contributed by atoms with van der Waals surface area (Å²) in [5.74, 6) is 0. The maximum atomic E-state index is 11.3. The number of halogens is 2. The van der Waals surface area contributed by atoms with Gasteiger partial charge in [-0.15, -0.1) is 6.58 Å². The van der Waals surface area contributed by atoms with Crippen LogP contribution in [0.4, 0.5) is 8.78 Å². The molecule has 0 aliphatic heterocycles. The molecule has 3 heteroatoms. The predicted molar refractivity (Wildman–Crippen MR) is 28.8 cm³/mol. The molecule has 0 radical (unpaired) electrons. The molecule has 0 aliphatic carbocycles. The van der Waals surface area contributed by atoms with Crippen LogP contribution in [0.25, 0.3) is 0 Å². The largest absolute Gasteiger partial charge is 0.324 e. The average molecular weight is 121 g/mol. The van der Waals surface area contributed by atoms with Crippen LogP contribution in [0.1, 0.15) is 6.42 Å². The van der Waals surface area contributed by atoms with E-state index in [1.807, 2.05) is 0 Å². The van der Waals surface area contributed by atoms with E-state index in [0.717, 1.165) is 0 Å². The quantitative estimate of drug-likeness (QED) is 0.557. The van der Waals surface area contributed by atoms with Crippen molar-refractivity contribution in [2.24, 2.45) is 5.73 Å². The van der Waals surface area contributed by atoms with Crippen molar-refractivity contribution in [2.45, 2.75) is 18.9 Å². The van der Waals surface area contributed by atoms with E-state index in [1.165, 1.54) is 6.08 Å². The zero-order chi connectivity index (χ0) is 6.57. The summed E-state index contributed by atoms with van der Waals surface area (Å²) in [7, 11) is 0. The first-order chi connectivity index (χ1) is 3.66. The Morgan fingerprint density at radius 2 is 2.12 bits per heavy atom. The zero-order valence-electron chi connectivity index (χ0n) is 4.48. The number of nitrogens with two attached hydrogens (primary N) is 1. The predicted octanol–water partition coefficient (Wildman–Crippen LogP) is 1.15. The molecule has 48 valence electrons. The third kappa shape index (κ3) is 3.74. The molecule has 0 saturated heterocycles. The normalized spacial score (nSPS) is 14.0. The summed E-state index contributed by atoms with van der Waals surface area (Å²) in [4.78, 5) is 0. The summed E-state index contributed by atoms with van der Waals surface area (Å²) in [5.41, 5.74) is 5.08. The molecule has 8 heavy (non-hydrogen) atoms. The van der Waals surface area contributed by atoms with E-state index < -0.39 is 12.5 Å². The lowest BCUT2D eigenvalue weighted by atomic mass is 10.2. The van der Waals surface area contributed by atoms with Crippen LogP contribution < -0.4 is 5.73 Å². The van der Waals surface area contributed by atoms with Crippen molar-refractivity contribution in [3.63, 3.8) is 0 Å². The van der Waals surface area contributed by atoms with Gasteiger partial charge in [0.15, 0.2) is 0 Å². The van der Waals surface area contributed by atoms with Gasteiger partial charge < -0.3 is 5.73 Å². The molecule has 0 rings (SSSR count). The van der Waals surface area contributed by atoms with E-state index in [2.05, 4.69) is 6.58 Å². The van der Waals surface area contributed by atoms with Crippen LogP contribution in [-0.4, -0.2) is 12.5 Å². The molecule has 0 bridgehead atoms. The second-order valence-corrected chi connectivity index (χ2v) is 1.53. The average Bonchev–Trinajstić information content (AvgIpc) is 1.65. The highest BCUT2D eigenvalue weighted by Gasteiger charge is 2.05. The summed E-state index contributed by atoms with van der Waals surface area (Å²) in [6.07, 6.45) is -1.29. The summed E-state index contributed by atoms with van der Waals surface area (Å²) in [6.45, 7) is 3.26. The highest BCUT2D eigenvalue weighted by molar-refractivity contribution is 4.82. The zero-order valence-corrected chi connectivity index (χ0v) is 4.48. The smallest absolute Gasteiger partial charge is 0.240 e. The Balaban J connectivity index is 3.23. The molecular weight excluding hydrogens is 112 g/mol. The SMILES string of the molecule is C=CC(N)CC(F)F. The van der Waals surface area contributed by atoms with Gasteiger partial charge in [-0.3, -0.25) is 0 Å².